The van der Waals surface area contributed by atoms with Crippen LogP contribution in [0, 0.1) is 5.92 Å². The molecule has 3 nitrogen and oxygen atoms in total. The van der Waals surface area contributed by atoms with Gasteiger partial charge in [0.05, 0.1) is 7.11 Å². The normalized spacial score (nSPS) is 14.7. The van der Waals surface area contributed by atoms with E-state index in [4.69, 9.17) is 4.74 Å². The predicted octanol–water partition coefficient (Wildman–Crippen LogP) is 3.13. The summed E-state index contributed by atoms with van der Waals surface area (Å²) in [4.78, 5) is 11.6. The third-order valence-corrected chi connectivity index (χ3v) is 3.08. The summed E-state index contributed by atoms with van der Waals surface area (Å²) in [7, 11) is 1.45. The molecule has 2 atom stereocenters. The summed E-state index contributed by atoms with van der Waals surface area (Å²) >= 11 is 0. The van der Waals surface area contributed by atoms with Crippen molar-refractivity contribution in [1.29, 1.82) is 0 Å². The van der Waals surface area contributed by atoms with Crippen molar-refractivity contribution in [1.82, 2.24) is 5.32 Å². The van der Waals surface area contributed by atoms with E-state index in [1.165, 1.54) is 32.8 Å². The van der Waals surface area contributed by atoms with Crippen LogP contribution in [0.1, 0.15) is 59.8 Å². The molecule has 0 radical (unpaired) electrons. The van der Waals surface area contributed by atoms with Crippen molar-refractivity contribution in [3.05, 3.63) is 0 Å². The molecule has 0 aromatic rings. The van der Waals surface area contributed by atoms with Gasteiger partial charge in [-0.05, 0) is 19.3 Å². The van der Waals surface area contributed by atoms with Crippen LogP contribution in [-0.4, -0.2) is 25.2 Å². The number of esters is 1. The molecule has 0 heterocycles. The Hall–Kier alpha value is -0.570. The number of methoxy groups -OCH3 is 1. The van der Waals surface area contributed by atoms with Crippen LogP contribution in [0.5, 0.6) is 0 Å². The average Bonchev–Trinajstić information content (AvgIpc) is 2.30. The van der Waals surface area contributed by atoms with Gasteiger partial charge in [0, 0.05) is 6.04 Å². The zero-order valence-corrected chi connectivity index (χ0v) is 12.1. The van der Waals surface area contributed by atoms with Crippen molar-refractivity contribution in [2.24, 2.45) is 5.92 Å². The standard InChI is InChI=1S/C14H29NO2/c1-6-7-8-9-10-12(4)15-13(11(2)3)14(16)17-5/h11-13,15H,6-10H2,1-5H3/t12?,13-/m0/s1. The molecule has 0 bridgehead atoms. The van der Waals surface area contributed by atoms with Crippen molar-refractivity contribution >= 4 is 5.97 Å². The van der Waals surface area contributed by atoms with Gasteiger partial charge in [0.25, 0.3) is 0 Å². The van der Waals surface area contributed by atoms with Gasteiger partial charge in [-0.1, -0.05) is 46.5 Å². The smallest absolute Gasteiger partial charge is 0.323 e. The summed E-state index contributed by atoms with van der Waals surface area (Å²) in [6.45, 7) is 8.44. The summed E-state index contributed by atoms with van der Waals surface area (Å²) in [5, 5.41) is 3.37. The summed E-state index contributed by atoms with van der Waals surface area (Å²) in [6.07, 6.45) is 6.21. The first-order valence-electron chi connectivity index (χ1n) is 6.86. The minimum Gasteiger partial charge on any atom is -0.468 e. The minimum atomic E-state index is -0.179. The number of nitrogens with one attached hydrogen (secondary N) is 1. The predicted molar refractivity (Wildman–Crippen MR) is 72.0 cm³/mol. The topological polar surface area (TPSA) is 38.3 Å². The van der Waals surface area contributed by atoms with Gasteiger partial charge in [0.15, 0.2) is 0 Å². The van der Waals surface area contributed by atoms with Crippen LogP contribution in [0.25, 0.3) is 0 Å². The second-order valence-electron chi connectivity index (χ2n) is 5.16. The van der Waals surface area contributed by atoms with E-state index < -0.39 is 0 Å². The lowest BCUT2D eigenvalue weighted by molar-refractivity contribution is -0.144. The van der Waals surface area contributed by atoms with Gasteiger partial charge in [-0.3, -0.25) is 4.79 Å². The number of carbonyl (C=O) groups excluding carboxylic acids is 1. The van der Waals surface area contributed by atoms with Crippen LogP contribution in [0.3, 0.4) is 0 Å². The van der Waals surface area contributed by atoms with Crippen LogP contribution in [0.15, 0.2) is 0 Å². The van der Waals surface area contributed by atoms with Crippen molar-refractivity contribution in [3.63, 3.8) is 0 Å². The number of unbranched alkanes of at least 4 members (excludes halogenated alkanes) is 3. The lowest BCUT2D eigenvalue weighted by Gasteiger charge is -2.24. The summed E-state index contributed by atoms with van der Waals surface area (Å²) in [5.41, 5.74) is 0. The van der Waals surface area contributed by atoms with Gasteiger partial charge < -0.3 is 10.1 Å². The minimum absolute atomic E-state index is 0.152. The van der Waals surface area contributed by atoms with E-state index in [0.717, 1.165) is 6.42 Å². The Bertz CT molecular complexity index is 204. The number of ether oxygens (including phenoxy) is 1. The van der Waals surface area contributed by atoms with Gasteiger partial charge >= 0.3 is 5.97 Å². The Balaban J connectivity index is 3.95. The lowest BCUT2D eigenvalue weighted by atomic mass is 10.0. The zero-order chi connectivity index (χ0) is 13.3. The number of carbonyl (C=O) groups is 1. The number of rotatable bonds is 9. The van der Waals surface area contributed by atoms with Crippen molar-refractivity contribution in [3.8, 4) is 0 Å². The van der Waals surface area contributed by atoms with E-state index in [9.17, 15) is 4.79 Å². The summed E-state index contributed by atoms with van der Waals surface area (Å²) in [5.74, 6) is 0.112. The highest BCUT2D eigenvalue weighted by Gasteiger charge is 2.23. The highest BCUT2D eigenvalue weighted by Crippen LogP contribution is 2.09. The number of hydrogen-bond donors (Lipinski definition) is 1. The second-order valence-corrected chi connectivity index (χ2v) is 5.16. The highest BCUT2D eigenvalue weighted by molar-refractivity contribution is 5.75. The fourth-order valence-corrected chi connectivity index (χ4v) is 1.93. The summed E-state index contributed by atoms with van der Waals surface area (Å²) < 4.78 is 4.82. The SMILES string of the molecule is CCCCCCC(C)N[C@H](C(=O)OC)C(C)C. The molecule has 0 aromatic heterocycles. The molecule has 0 spiro atoms. The van der Waals surface area contributed by atoms with Crippen molar-refractivity contribution in [2.75, 3.05) is 7.11 Å². The quantitative estimate of drug-likeness (QED) is 0.499. The molecule has 17 heavy (non-hydrogen) atoms. The molecule has 0 saturated heterocycles. The molecule has 0 aliphatic carbocycles. The molecule has 3 heteroatoms. The van der Waals surface area contributed by atoms with Crippen LogP contribution in [0.2, 0.25) is 0 Å². The van der Waals surface area contributed by atoms with Crippen molar-refractivity contribution in [2.45, 2.75) is 71.9 Å². The largest absolute Gasteiger partial charge is 0.468 e. The third kappa shape index (κ3) is 7.37. The highest BCUT2D eigenvalue weighted by atomic mass is 16.5. The van der Waals surface area contributed by atoms with Crippen LogP contribution in [0.4, 0.5) is 0 Å². The Labute approximate surface area is 106 Å². The van der Waals surface area contributed by atoms with Crippen LogP contribution >= 0.6 is 0 Å². The molecule has 0 fully saturated rings. The third-order valence-electron chi connectivity index (χ3n) is 3.08. The van der Waals surface area contributed by atoms with E-state index in [1.807, 2.05) is 13.8 Å². The van der Waals surface area contributed by atoms with E-state index in [2.05, 4.69) is 19.2 Å². The second kappa shape index (κ2) is 9.46. The maximum Gasteiger partial charge on any atom is 0.323 e. The first kappa shape index (κ1) is 16.4. The lowest BCUT2D eigenvalue weighted by Crippen LogP contribution is -2.46. The van der Waals surface area contributed by atoms with Gasteiger partial charge in [0.2, 0.25) is 0 Å². The molecule has 0 aliphatic heterocycles. The first-order chi connectivity index (χ1) is 8.02. The van der Waals surface area contributed by atoms with Crippen molar-refractivity contribution < 1.29 is 9.53 Å². The van der Waals surface area contributed by atoms with E-state index in [-0.39, 0.29) is 17.9 Å². The molecule has 0 saturated carbocycles. The fourth-order valence-electron chi connectivity index (χ4n) is 1.93. The van der Waals surface area contributed by atoms with Gasteiger partial charge in [-0.2, -0.15) is 0 Å². The molecule has 0 aromatic carbocycles. The van der Waals surface area contributed by atoms with E-state index in [0.29, 0.717) is 6.04 Å². The monoisotopic (exact) mass is 243 g/mol. The molecular formula is C14H29NO2. The Morgan fingerprint density at radius 3 is 2.29 bits per heavy atom. The molecule has 0 aliphatic rings. The fraction of sp³-hybridized carbons (Fsp3) is 0.929. The van der Waals surface area contributed by atoms with Crippen LogP contribution in [-0.2, 0) is 9.53 Å². The van der Waals surface area contributed by atoms with E-state index in [1.54, 1.807) is 0 Å². The maximum absolute atomic E-state index is 11.6. The molecule has 1 N–H and O–H groups in total. The Kier molecular flexibility index (Phi) is 9.14. The Morgan fingerprint density at radius 1 is 1.18 bits per heavy atom. The molecule has 102 valence electrons. The molecule has 1 unspecified atom stereocenters. The van der Waals surface area contributed by atoms with Gasteiger partial charge in [-0.15, -0.1) is 0 Å². The molecule has 0 rings (SSSR count). The Morgan fingerprint density at radius 2 is 1.82 bits per heavy atom. The van der Waals surface area contributed by atoms with E-state index >= 15 is 0 Å². The molecular weight excluding hydrogens is 214 g/mol. The molecule has 0 amide bonds. The average molecular weight is 243 g/mol. The summed E-state index contributed by atoms with van der Waals surface area (Å²) in [6, 6.07) is 0.194. The number of hydrogen-bond acceptors (Lipinski definition) is 3. The van der Waals surface area contributed by atoms with Gasteiger partial charge in [-0.25, -0.2) is 0 Å². The zero-order valence-electron chi connectivity index (χ0n) is 12.1. The maximum atomic E-state index is 11.6. The first-order valence-corrected chi connectivity index (χ1v) is 6.86. The van der Waals surface area contributed by atoms with Crippen LogP contribution < -0.4 is 5.32 Å². The van der Waals surface area contributed by atoms with Gasteiger partial charge in [0.1, 0.15) is 6.04 Å².